The van der Waals surface area contributed by atoms with Gasteiger partial charge in [-0.15, -0.1) is 0 Å². The zero-order chi connectivity index (χ0) is 15.7. The Kier molecular flexibility index (Phi) is 9.16. The summed E-state index contributed by atoms with van der Waals surface area (Å²) in [5, 5.41) is 7.81. The molecular weight excluding hydrogens is 280 g/mol. The Morgan fingerprint density at radius 1 is 1.33 bits per heavy atom. The van der Waals surface area contributed by atoms with Crippen molar-refractivity contribution in [3.63, 3.8) is 0 Å². The lowest BCUT2D eigenvalue weighted by atomic mass is 10.2. The van der Waals surface area contributed by atoms with E-state index in [1.54, 1.807) is 0 Å². The lowest BCUT2D eigenvalue weighted by molar-refractivity contribution is 0.240. The van der Waals surface area contributed by atoms with Crippen LogP contribution in [0.25, 0.3) is 0 Å². The third-order valence-corrected chi connectivity index (χ3v) is 5.29. The van der Waals surface area contributed by atoms with Crippen LogP contribution in [0.3, 0.4) is 0 Å². The molecule has 21 heavy (non-hydrogen) atoms. The van der Waals surface area contributed by atoms with Crippen molar-refractivity contribution in [3.05, 3.63) is 0 Å². The van der Waals surface area contributed by atoms with Crippen LogP contribution in [0, 0.1) is 0 Å². The Hall–Kier alpha value is -0.420. The molecule has 1 rings (SSSR count). The number of rotatable bonds is 8. The molecular formula is C16H34N4S. The number of thioether (sulfide) groups is 1. The van der Waals surface area contributed by atoms with Gasteiger partial charge < -0.3 is 10.6 Å². The van der Waals surface area contributed by atoms with E-state index in [0.29, 0.717) is 12.1 Å². The summed E-state index contributed by atoms with van der Waals surface area (Å²) in [6.07, 6.45) is 6.08. The minimum atomic E-state index is 0.590. The van der Waals surface area contributed by atoms with Gasteiger partial charge in [-0.2, -0.15) is 11.8 Å². The topological polar surface area (TPSA) is 39.7 Å². The van der Waals surface area contributed by atoms with E-state index in [-0.39, 0.29) is 0 Å². The second-order valence-corrected chi connectivity index (χ2v) is 7.13. The Labute approximate surface area is 135 Å². The summed E-state index contributed by atoms with van der Waals surface area (Å²) in [7, 11) is 0. The largest absolute Gasteiger partial charge is 0.357 e. The Morgan fingerprint density at radius 2 is 2.10 bits per heavy atom. The number of likely N-dealkylation sites (N-methyl/N-ethyl adjacent to an activating group) is 1. The van der Waals surface area contributed by atoms with Crippen LogP contribution in [0.5, 0.6) is 0 Å². The maximum Gasteiger partial charge on any atom is 0.191 e. The molecule has 0 bridgehead atoms. The zero-order valence-corrected chi connectivity index (χ0v) is 15.3. The van der Waals surface area contributed by atoms with E-state index in [0.717, 1.165) is 37.4 Å². The average molecular weight is 315 g/mol. The molecule has 124 valence electrons. The maximum absolute atomic E-state index is 4.74. The van der Waals surface area contributed by atoms with Crippen molar-refractivity contribution >= 4 is 17.7 Å². The van der Waals surface area contributed by atoms with E-state index < -0.39 is 0 Å². The van der Waals surface area contributed by atoms with E-state index in [2.05, 4.69) is 49.5 Å². The molecule has 1 fully saturated rings. The lowest BCUT2D eigenvalue weighted by Crippen LogP contribution is -2.43. The smallest absolute Gasteiger partial charge is 0.191 e. The van der Waals surface area contributed by atoms with E-state index in [9.17, 15) is 0 Å². The summed E-state index contributed by atoms with van der Waals surface area (Å²) in [6.45, 7) is 12.7. The SMILES string of the molecule is CCNC(=NCCN(CC)C(C)C)NC1CCC(SC)C1. The Morgan fingerprint density at radius 3 is 2.62 bits per heavy atom. The summed E-state index contributed by atoms with van der Waals surface area (Å²) in [6, 6.07) is 1.19. The number of nitrogens with one attached hydrogen (secondary N) is 2. The predicted octanol–water partition coefficient (Wildman–Crippen LogP) is 2.56. The van der Waals surface area contributed by atoms with Gasteiger partial charge in [0.15, 0.2) is 5.96 Å². The van der Waals surface area contributed by atoms with Crippen LogP contribution in [-0.4, -0.2) is 60.6 Å². The summed E-state index contributed by atoms with van der Waals surface area (Å²) in [4.78, 5) is 7.19. The molecule has 0 heterocycles. The maximum atomic E-state index is 4.74. The van der Waals surface area contributed by atoms with Gasteiger partial charge in [-0.3, -0.25) is 9.89 Å². The quantitative estimate of drug-likeness (QED) is 0.533. The van der Waals surface area contributed by atoms with E-state index in [1.165, 1.54) is 19.3 Å². The minimum Gasteiger partial charge on any atom is -0.357 e. The molecule has 0 saturated heterocycles. The van der Waals surface area contributed by atoms with E-state index in [4.69, 9.17) is 4.99 Å². The van der Waals surface area contributed by atoms with Crippen molar-refractivity contribution in [2.24, 2.45) is 4.99 Å². The lowest BCUT2D eigenvalue weighted by Gasteiger charge is -2.24. The fraction of sp³-hybridized carbons (Fsp3) is 0.938. The van der Waals surface area contributed by atoms with Gasteiger partial charge in [0, 0.05) is 30.4 Å². The van der Waals surface area contributed by atoms with Gasteiger partial charge in [-0.05, 0) is 52.8 Å². The van der Waals surface area contributed by atoms with Gasteiger partial charge >= 0.3 is 0 Å². The number of nitrogens with zero attached hydrogens (tertiary/aromatic N) is 2. The minimum absolute atomic E-state index is 0.590. The first-order valence-corrected chi connectivity index (χ1v) is 9.71. The molecule has 1 aliphatic carbocycles. The number of guanidine groups is 1. The van der Waals surface area contributed by atoms with Crippen molar-refractivity contribution in [1.82, 2.24) is 15.5 Å². The highest BCUT2D eigenvalue weighted by atomic mass is 32.2. The molecule has 2 N–H and O–H groups in total. The standard InChI is InChI=1S/C16H34N4S/c1-6-17-16(18-10-11-20(7-2)13(3)4)19-14-8-9-15(12-14)21-5/h13-15H,6-12H2,1-5H3,(H2,17,18,19). The highest BCUT2D eigenvalue weighted by molar-refractivity contribution is 7.99. The highest BCUT2D eigenvalue weighted by Crippen LogP contribution is 2.27. The average Bonchev–Trinajstić information content (AvgIpc) is 2.91. The summed E-state index contributed by atoms with van der Waals surface area (Å²) in [5.74, 6) is 0.990. The molecule has 2 unspecified atom stereocenters. The monoisotopic (exact) mass is 314 g/mol. The van der Waals surface area contributed by atoms with Gasteiger partial charge in [-0.1, -0.05) is 6.92 Å². The molecule has 5 heteroatoms. The van der Waals surface area contributed by atoms with Crippen LogP contribution in [0.4, 0.5) is 0 Å². The number of hydrogen-bond donors (Lipinski definition) is 2. The van der Waals surface area contributed by atoms with Gasteiger partial charge in [-0.25, -0.2) is 0 Å². The first-order chi connectivity index (χ1) is 10.1. The van der Waals surface area contributed by atoms with Crippen molar-refractivity contribution in [2.45, 2.75) is 64.3 Å². The van der Waals surface area contributed by atoms with Gasteiger partial charge in [0.2, 0.25) is 0 Å². The normalized spacial score (nSPS) is 23.1. The number of aliphatic imine (C=N–C) groups is 1. The predicted molar refractivity (Wildman–Crippen MR) is 96.4 cm³/mol. The van der Waals surface area contributed by atoms with Crippen molar-refractivity contribution in [3.8, 4) is 0 Å². The Balaban J connectivity index is 2.42. The summed E-state index contributed by atoms with van der Waals surface area (Å²) >= 11 is 2.00. The molecule has 2 atom stereocenters. The van der Waals surface area contributed by atoms with E-state index in [1.807, 2.05) is 11.8 Å². The second kappa shape index (κ2) is 10.3. The first-order valence-electron chi connectivity index (χ1n) is 8.42. The summed E-state index contributed by atoms with van der Waals surface area (Å²) < 4.78 is 0. The van der Waals surface area contributed by atoms with E-state index >= 15 is 0 Å². The van der Waals surface area contributed by atoms with Crippen molar-refractivity contribution in [2.75, 3.05) is 32.4 Å². The molecule has 1 saturated carbocycles. The van der Waals surface area contributed by atoms with Gasteiger partial charge in [0.25, 0.3) is 0 Å². The molecule has 0 aromatic carbocycles. The molecule has 0 aliphatic heterocycles. The highest BCUT2D eigenvalue weighted by Gasteiger charge is 2.24. The van der Waals surface area contributed by atoms with Crippen LogP contribution in [0.2, 0.25) is 0 Å². The third kappa shape index (κ3) is 6.92. The zero-order valence-electron chi connectivity index (χ0n) is 14.5. The van der Waals surface area contributed by atoms with Crippen molar-refractivity contribution in [1.29, 1.82) is 0 Å². The van der Waals surface area contributed by atoms with Gasteiger partial charge in [0.1, 0.15) is 0 Å². The number of hydrogen-bond acceptors (Lipinski definition) is 3. The van der Waals surface area contributed by atoms with Crippen molar-refractivity contribution < 1.29 is 0 Å². The van der Waals surface area contributed by atoms with Crippen LogP contribution >= 0.6 is 11.8 Å². The molecule has 0 spiro atoms. The molecule has 1 aliphatic rings. The first kappa shape index (κ1) is 18.6. The van der Waals surface area contributed by atoms with Crippen LogP contribution < -0.4 is 10.6 Å². The third-order valence-electron chi connectivity index (χ3n) is 4.20. The molecule has 0 amide bonds. The molecule has 0 radical (unpaired) electrons. The molecule has 4 nitrogen and oxygen atoms in total. The fourth-order valence-corrected chi connectivity index (χ4v) is 3.67. The van der Waals surface area contributed by atoms with Crippen LogP contribution in [-0.2, 0) is 0 Å². The van der Waals surface area contributed by atoms with Gasteiger partial charge in [0.05, 0.1) is 6.54 Å². The van der Waals surface area contributed by atoms with Crippen LogP contribution in [0.1, 0.15) is 47.0 Å². The van der Waals surface area contributed by atoms with Crippen LogP contribution in [0.15, 0.2) is 4.99 Å². The molecule has 0 aromatic heterocycles. The second-order valence-electron chi connectivity index (χ2n) is 6.00. The Bertz CT molecular complexity index is 307. The fourth-order valence-electron chi connectivity index (χ4n) is 2.87. The molecule has 0 aromatic rings. The summed E-state index contributed by atoms with van der Waals surface area (Å²) in [5.41, 5.74) is 0.